The molecule has 1 aliphatic rings. The molecule has 3 N–H and O–H groups in total. The summed E-state index contributed by atoms with van der Waals surface area (Å²) in [5, 5.41) is 0. The summed E-state index contributed by atoms with van der Waals surface area (Å²) in [6.45, 7) is 6.67. The Bertz CT molecular complexity index is 414. The van der Waals surface area contributed by atoms with Crippen LogP contribution in [0.2, 0.25) is 0 Å². The predicted octanol–water partition coefficient (Wildman–Crippen LogP) is 4.02. The molecule has 2 heteroatoms. The lowest BCUT2D eigenvalue weighted by Crippen LogP contribution is -2.38. The van der Waals surface area contributed by atoms with Gasteiger partial charge in [-0.1, -0.05) is 56.4 Å². The minimum absolute atomic E-state index is 0.311. The van der Waals surface area contributed by atoms with E-state index in [0.717, 1.165) is 5.92 Å². The van der Waals surface area contributed by atoms with Gasteiger partial charge in [-0.15, -0.1) is 0 Å². The molecule has 1 aromatic rings. The van der Waals surface area contributed by atoms with E-state index in [1.54, 1.807) is 0 Å². The summed E-state index contributed by atoms with van der Waals surface area (Å²) < 4.78 is 0. The van der Waals surface area contributed by atoms with Gasteiger partial charge in [0.15, 0.2) is 0 Å². The first kappa shape index (κ1) is 14.5. The van der Waals surface area contributed by atoms with Gasteiger partial charge in [0.1, 0.15) is 0 Å². The van der Waals surface area contributed by atoms with Crippen molar-refractivity contribution < 1.29 is 0 Å². The molecule has 0 saturated heterocycles. The Kier molecular flexibility index (Phi) is 5.00. The summed E-state index contributed by atoms with van der Waals surface area (Å²) >= 11 is 0. The molecule has 0 heterocycles. The summed E-state index contributed by atoms with van der Waals surface area (Å²) in [5.74, 6) is 7.41. The quantitative estimate of drug-likeness (QED) is 0.634. The highest BCUT2D eigenvalue weighted by Gasteiger charge is 2.31. The van der Waals surface area contributed by atoms with Crippen molar-refractivity contribution in [1.29, 1.82) is 0 Å². The normalized spacial score (nSPS) is 25.3. The van der Waals surface area contributed by atoms with E-state index >= 15 is 0 Å². The molecule has 106 valence electrons. The zero-order valence-electron chi connectivity index (χ0n) is 12.6. The summed E-state index contributed by atoms with van der Waals surface area (Å²) in [7, 11) is 0. The highest BCUT2D eigenvalue weighted by Crippen LogP contribution is 2.40. The van der Waals surface area contributed by atoms with Crippen LogP contribution in [-0.4, -0.2) is 0 Å². The maximum Gasteiger partial charge on any atom is 0.0493 e. The Morgan fingerprint density at radius 2 is 2.00 bits per heavy atom. The van der Waals surface area contributed by atoms with Gasteiger partial charge >= 0.3 is 0 Å². The number of nitrogens with two attached hydrogens (primary N) is 1. The van der Waals surface area contributed by atoms with Gasteiger partial charge in [0, 0.05) is 6.04 Å². The van der Waals surface area contributed by atoms with Gasteiger partial charge in [-0.05, 0) is 43.2 Å². The van der Waals surface area contributed by atoms with E-state index in [1.807, 2.05) is 0 Å². The number of hydrogen-bond acceptors (Lipinski definition) is 2. The van der Waals surface area contributed by atoms with Gasteiger partial charge < -0.3 is 0 Å². The Morgan fingerprint density at radius 1 is 1.26 bits per heavy atom. The van der Waals surface area contributed by atoms with Gasteiger partial charge in [0.25, 0.3) is 0 Å². The maximum atomic E-state index is 5.91. The number of nitrogens with one attached hydrogen (secondary N) is 1. The van der Waals surface area contributed by atoms with Crippen LogP contribution in [0.3, 0.4) is 0 Å². The smallest absolute Gasteiger partial charge is 0.0493 e. The van der Waals surface area contributed by atoms with Crippen LogP contribution in [0.15, 0.2) is 18.2 Å². The summed E-state index contributed by atoms with van der Waals surface area (Å²) in [6.07, 6.45) is 6.68. The van der Waals surface area contributed by atoms with Crippen LogP contribution in [0.1, 0.15) is 61.8 Å². The van der Waals surface area contributed by atoms with Crippen molar-refractivity contribution >= 4 is 0 Å². The van der Waals surface area contributed by atoms with Crippen molar-refractivity contribution in [1.82, 2.24) is 5.43 Å². The Labute approximate surface area is 117 Å². The van der Waals surface area contributed by atoms with Crippen LogP contribution in [0, 0.1) is 25.7 Å². The first-order valence-electron chi connectivity index (χ1n) is 7.70. The standard InChI is InChI=1S/C17H28N2/c1-4-14-7-5-6-8-16(14)17(19-18)15-10-9-12(2)11-13(15)3/h9-11,14,16-17,19H,4-8,18H2,1-3H3. The van der Waals surface area contributed by atoms with Crippen molar-refractivity contribution in [3.63, 3.8) is 0 Å². The van der Waals surface area contributed by atoms with E-state index in [4.69, 9.17) is 5.84 Å². The highest BCUT2D eigenvalue weighted by atomic mass is 15.2. The van der Waals surface area contributed by atoms with Gasteiger partial charge in [-0.2, -0.15) is 0 Å². The van der Waals surface area contributed by atoms with Crippen molar-refractivity contribution in [2.75, 3.05) is 0 Å². The van der Waals surface area contributed by atoms with Crippen LogP contribution in [-0.2, 0) is 0 Å². The fourth-order valence-corrected chi connectivity index (χ4v) is 3.80. The van der Waals surface area contributed by atoms with Gasteiger partial charge in [-0.3, -0.25) is 11.3 Å². The average Bonchev–Trinajstić information content (AvgIpc) is 2.42. The number of hydrazine groups is 1. The van der Waals surface area contributed by atoms with Crippen LogP contribution >= 0.6 is 0 Å². The predicted molar refractivity (Wildman–Crippen MR) is 81.7 cm³/mol. The first-order valence-corrected chi connectivity index (χ1v) is 7.70. The van der Waals surface area contributed by atoms with Gasteiger partial charge in [0.05, 0.1) is 0 Å². The topological polar surface area (TPSA) is 38.0 Å². The minimum Gasteiger partial charge on any atom is -0.271 e. The minimum atomic E-state index is 0.311. The highest BCUT2D eigenvalue weighted by molar-refractivity contribution is 5.33. The molecule has 1 saturated carbocycles. The summed E-state index contributed by atoms with van der Waals surface area (Å²) in [6, 6.07) is 7.04. The fraction of sp³-hybridized carbons (Fsp3) is 0.647. The molecule has 1 fully saturated rings. The summed E-state index contributed by atoms with van der Waals surface area (Å²) in [4.78, 5) is 0. The number of rotatable bonds is 4. The number of benzene rings is 1. The second-order valence-electron chi connectivity index (χ2n) is 6.12. The van der Waals surface area contributed by atoms with E-state index < -0.39 is 0 Å². The van der Waals surface area contributed by atoms with Crippen molar-refractivity contribution in [3.05, 3.63) is 34.9 Å². The zero-order valence-corrected chi connectivity index (χ0v) is 12.6. The molecular weight excluding hydrogens is 232 g/mol. The molecule has 3 unspecified atom stereocenters. The SMILES string of the molecule is CCC1CCCCC1C(NN)c1ccc(C)cc1C. The van der Waals surface area contributed by atoms with Crippen LogP contribution < -0.4 is 11.3 Å². The fourth-order valence-electron chi connectivity index (χ4n) is 3.80. The molecule has 2 nitrogen and oxygen atoms in total. The van der Waals surface area contributed by atoms with E-state index in [1.165, 1.54) is 48.8 Å². The second kappa shape index (κ2) is 6.53. The molecule has 0 aromatic heterocycles. The third kappa shape index (κ3) is 3.18. The third-order valence-electron chi connectivity index (χ3n) is 4.86. The zero-order chi connectivity index (χ0) is 13.8. The Morgan fingerprint density at radius 3 is 2.63 bits per heavy atom. The Hall–Kier alpha value is -0.860. The molecule has 0 bridgehead atoms. The summed E-state index contributed by atoms with van der Waals surface area (Å²) in [5.41, 5.74) is 7.19. The third-order valence-corrected chi connectivity index (χ3v) is 4.86. The Balaban J connectivity index is 2.27. The molecule has 19 heavy (non-hydrogen) atoms. The average molecular weight is 260 g/mol. The molecule has 0 aliphatic heterocycles. The van der Waals surface area contributed by atoms with Crippen LogP contribution in [0.25, 0.3) is 0 Å². The van der Waals surface area contributed by atoms with Crippen molar-refractivity contribution in [3.8, 4) is 0 Å². The lowest BCUT2D eigenvalue weighted by atomic mass is 9.72. The molecule has 3 atom stereocenters. The number of aryl methyl sites for hydroxylation is 2. The molecule has 0 amide bonds. The van der Waals surface area contributed by atoms with E-state index in [-0.39, 0.29) is 0 Å². The monoisotopic (exact) mass is 260 g/mol. The van der Waals surface area contributed by atoms with E-state index in [9.17, 15) is 0 Å². The lowest BCUT2D eigenvalue weighted by Gasteiger charge is -2.37. The molecule has 2 rings (SSSR count). The molecular formula is C17H28N2. The largest absolute Gasteiger partial charge is 0.271 e. The molecule has 1 aliphatic carbocycles. The van der Waals surface area contributed by atoms with Crippen LogP contribution in [0.5, 0.6) is 0 Å². The van der Waals surface area contributed by atoms with E-state index in [2.05, 4.69) is 44.4 Å². The number of hydrogen-bond donors (Lipinski definition) is 2. The first-order chi connectivity index (χ1) is 9.17. The van der Waals surface area contributed by atoms with Gasteiger partial charge in [-0.25, -0.2) is 0 Å². The lowest BCUT2D eigenvalue weighted by molar-refractivity contribution is 0.175. The molecule has 0 spiro atoms. The van der Waals surface area contributed by atoms with Crippen molar-refractivity contribution in [2.24, 2.45) is 17.7 Å². The van der Waals surface area contributed by atoms with Gasteiger partial charge in [0.2, 0.25) is 0 Å². The van der Waals surface area contributed by atoms with Crippen molar-refractivity contribution in [2.45, 2.75) is 58.9 Å². The van der Waals surface area contributed by atoms with Crippen LogP contribution in [0.4, 0.5) is 0 Å². The van der Waals surface area contributed by atoms with E-state index in [0.29, 0.717) is 12.0 Å². The molecule has 1 aromatic carbocycles. The molecule has 0 radical (unpaired) electrons. The second-order valence-corrected chi connectivity index (χ2v) is 6.12. The maximum absolute atomic E-state index is 5.91.